The standard InChI is InChI=1S/C12H20N4O7S/c1-12(2,24-16-23)9(10(20)14-5-8(18)19)15-7(17)4-3-6(13)11(21)22/h6,9H,3-5,13H2,1-2H3,(H,14,20)(H,15,17)(H,18,19)(H,21,22)/t6-,9-/m0/s1. The number of nitrogens with zero attached hydrogens (tertiary/aromatic N) is 1. The predicted molar refractivity (Wildman–Crippen MR) is 84.9 cm³/mol. The van der Waals surface area contributed by atoms with Gasteiger partial charge in [-0.15, -0.1) is 4.91 Å². The van der Waals surface area contributed by atoms with Gasteiger partial charge in [-0.05, 0) is 20.3 Å². The van der Waals surface area contributed by atoms with Gasteiger partial charge in [-0.1, -0.05) is 0 Å². The fourth-order valence-electron chi connectivity index (χ4n) is 1.61. The van der Waals surface area contributed by atoms with Crippen LogP contribution in [0.3, 0.4) is 0 Å². The summed E-state index contributed by atoms with van der Waals surface area (Å²) in [5, 5.41) is 21.7. The van der Waals surface area contributed by atoms with E-state index < -0.39 is 47.1 Å². The maximum absolute atomic E-state index is 12.1. The molecule has 0 saturated carbocycles. The van der Waals surface area contributed by atoms with Gasteiger partial charge in [0.2, 0.25) is 11.8 Å². The van der Waals surface area contributed by atoms with Crippen LogP contribution in [-0.2, 0) is 19.2 Å². The van der Waals surface area contributed by atoms with Gasteiger partial charge < -0.3 is 26.6 Å². The average Bonchev–Trinajstić information content (AvgIpc) is 2.47. The van der Waals surface area contributed by atoms with Crippen molar-refractivity contribution in [1.29, 1.82) is 0 Å². The molecule has 6 N–H and O–H groups in total. The Kier molecular flexibility index (Phi) is 8.92. The SMILES string of the molecule is CC(C)(SN=O)[C@@H](NC(=O)CC[C@H](N)C(=O)O)C(=O)NCC(=O)O. The maximum atomic E-state index is 12.1. The zero-order chi connectivity index (χ0) is 18.9. The Hall–Kier alpha value is -2.21. The molecule has 0 unspecified atom stereocenters. The summed E-state index contributed by atoms with van der Waals surface area (Å²) in [5.74, 6) is -4.02. The molecular formula is C12H20N4O7S. The molecule has 0 aliphatic rings. The monoisotopic (exact) mass is 364 g/mol. The molecule has 2 atom stereocenters. The summed E-state index contributed by atoms with van der Waals surface area (Å²) in [6, 6.07) is -2.48. The van der Waals surface area contributed by atoms with Crippen molar-refractivity contribution in [3.8, 4) is 0 Å². The van der Waals surface area contributed by atoms with E-state index in [2.05, 4.69) is 15.2 Å². The zero-order valence-corrected chi connectivity index (χ0v) is 14.0. The topological polar surface area (TPSA) is 188 Å². The summed E-state index contributed by atoms with van der Waals surface area (Å²) >= 11 is 0.503. The van der Waals surface area contributed by atoms with Gasteiger partial charge in [-0.3, -0.25) is 19.2 Å². The van der Waals surface area contributed by atoms with E-state index in [0.29, 0.717) is 11.9 Å². The Morgan fingerprint density at radius 2 is 1.83 bits per heavy atom. The van der Waals surface area contributed by atoms with Gasteiger partial charge in [0.25, 0.3) is 0 Å². The lowest BCUT2D eigenvalue weighted by atomic mass is 10.0. The second-order valence-corrected chi connectivity index (χ2v) is 6.75. The third-order valence-corrected chi connectivity index (χ3v) is 3.73. The van der Waals surface area contributed by atoms with Crippen LogP contribution in [0.5, 0.6) is 0 Å². The highest BCUT2D eigenvalue weighted by molar-refractivity contribution is 7.99. The van der Waals surface area contributed by atoms with Crippen LogP contribution in [0.2, 0.25) is 0 Å². The number of hydrogen-bond acceptors (Lipinski definition) is 8. The van der Waals surface area contributed by atoms with E-state index in [-0.39, 0.29) is 12.8 Å². The van der Waals surface area contributed by atoms with Gasteiger partial charge in [0.05, 0.1) is 4.75 Å². The number of carboxylic acids is 2. The highest BCUT2D eigenvalue weighted by Gasteiger charge is 2.38. The Morgan fingerprint density at radius 3 is 2.29 bits per heavy atom. The van der Waals surface area contributed by atoms with Gasteiger partial charge in [0, 0.05) is 23.0 Å². The van der Waals surface area contributed by atoms with Crippen molar-refractivity contribution in [3.63, 3.8) is 0 Å². The second kappa shape index (κ2) is 9.82. The normalized spacial score (nSPS) is 13.5. The molecule has 0 aliphatic heterocycles. The van der Waals surface area contributed by atoms with Crippen molar-refractivity contribution in [2.45, 2.75) is 43.5 Å². The molecule has 0 aromatic heterocycles. The molecule has 0 aromatic carbocycles. The summed E-state index contributed by atoms with van der Waals surface area (Å²) < 4.78 is 1.47. The first kappa shape index (κ1) is 21.8. The quantitative estimate of drug-likeness (QED) is 0.227. The van der Waals surface area contributed by atoms with E-state index in [0.717, 1.165) is 0 Å². The van der Waals surface area contributed by atoms with Gasteiger partial charge >= 0.3 is 11.9 Å². The molecule has 0 heterocycles. The van der Waals surface area contributed by atoms with Gasteiger partial charge in [0.15, 0.2) is 0 Å². The molecule has 0 saturated heterocycles. The van der Waals surface area contributed by atoms with Crippen molar-refractivity contribution in [2.24, 2.45) is 10.3 Å². The predicted octanol–water partition coefficient (Wildman–Crippen LogP) is -0.943. The summed E-state index contributed by atoms with van der Waals surface area (Å²) in [6.07, 6.45) is -0.407. The molecule has 0 aliphatic carbocycles. The average molecular weight is 364 g/mol. The van der Waals surface area contributed by atoms with Gasteiger partial charge in [-0.2, -0.15) is 0 Å². The number of aliphatic carboxylic acids is 2. The summed E-state index contributed by atoms with van der Waals surface area (Å²) in [5.41, 5.74) is 5.29. The first-order valence-corrected chi connectivity index (χ1v) is 7.56. The van der Waals surface area contributed by atoms with E-state index in [9.17, 15) is 24.1 Å². The molecule has 0 spiro atoms. The van der Waals surface area contributed by atoms with Crippen LogP contribution in [-0.4, -0.2) is 57.3 Å². The third kappa shape index (κ3) is 7.87. The first-order valence-electron chi connectivity index (χ1n) is 6.79. The van der Waals surface area contributed by atoms with Crippen LogP contribution in [0.4, 0.5) is 0 Å². The fraction of sp³-hybridized carbons (Fsp3) is 0.667. The minimum Gasteiger partial charge on any atom is -0.480 e. The number of hydrogen-bond donors (Lipinski definition) is 5. The molecule has 136 valence electrons. The molecule has 0 rings (SSSR count). The number of nitrogens with two attached hydrogens (primary N) is 1. The largest absolute Gasteiger partial charge is 0.480 e. The number of nitrogens with one attached hydrogen (secondary N) is 2. The highest BCUT2D eigenvalue weighted by atomic mass is 32.2. The van der Waals surface area contributed by atoms with E-state index >= 15 is 0 Å². The van der Waals surface area contributed by atoms with Gasteiger partial charge in [0.1, 0.15) is 18.6 Å². The van der Waals surface area contributed by atoms with Crippen LogP contribution in [0.25, 0.3) is 0 Å². The molecular weight excluding hydrogens is 344 g/mol. The van der Waals surface area contributed by atoms with Crippen molar-refractivity contribution >= 4 is 35.7 Å². The summed E-state index contributed by atoms with van der Waals surface area (Å²) in [4.78, 5) is 55.6. The molecule has 0 fully saturated rings. The number of nitroso groups, excluding NO2 is 1. The van der Waals surface area contributed by atoms with Crippen LogP contribution >= 0.6 is 11.9 Å². The third-order valence-electron chi connectivity index (χ3n) is 2.95. The number of rotatable bonds is 11. The maximum Gasteiger partial charge on any atom is 0.322 e. The number of carboxylic acid groups (broad SMARTS) is 2. The molecule has 11 nitrogen and oxygen atoms in total. The fourth-order valence-corrected chi connectivity index (χ4v) is 2.08. The van der Waals surface area contributed by atoms with Gasteiger partial charge in [-0.25, -0.2) is 0 Å². The molecule has 0 radical (unpaired) electrons. The number of amides is 2. The lowest BCUT2D eigenvalue weighted by molar-refractivity contribution is -0.139. The molecule has 0 aromatic rings. The minimum absolute atomic E-state index is 0.149. The van der Waals surface area contributed by atoms with E-state index in [1.54, 1.807) is 0 Å². The molecule has 2 amide bonds. The van der Waals surface area contributed by atoms with Crippen LogP contribution in [0, 0.1) is 4.91 Å². The molecule has 12 heteroatoms. The first-order chi connectivity index (χ1) is 11.0. The van der Waals surface area contributed by atoms with Crippen molar-refractivity contribution in [3.05, 3.63) is 4.91 Å². The lowest BCUT2D eigenvalue weighted by Gasteiger charge is -2.30. The van der Waals surface area contributed by atoms with Crippen LogP contribution in [0.15, 0.2) is 4.58 Å². The Morgan fingerprint density at radius 1 is 1.25 bits per heavy atom. The summed E-state index contributed by atoms with van der Waals surface area (Å²) in [6.45, 7) is 2.27. The Balaban J connectivity index is 4.96. The Labute approximate surface area is 141 Å². The Bertz CT molecular complexity index is 512. The highest BCUT2D eigenvalue weighted by Crippen LogP contribution is 2.29. The number of carbonyl (C=O) groups excluding carboxylic acids is 2. The van der Waals surface area contributed by atoms with Crippen molar-refractivity contribution < 1.29 is 29.4 Å². The summed E-state index contributed by atoms with van der Waals surface area (Å²) in [7, 11) is 0. The molecule has 0 bridgehead atoms. The van der Waals surface area contributed by atoms with Crippen molar-refractivity contribution in [1.82, 2.24) is 10.6 Å². The smallest absolute Gasteiger partial charge is 0.322 e. The molecule has 24 heavy (non-hydrogen) atoms. The lowest BCUT2D eigenvalue weighted by Crippen LogP contribution is -2.57. The van der Waals surface area contributed by atoms with Crippen LogP contribution in [0.1, 0.15) is 26.7 Å². The number of carbonyl (C=O) groups is 4. The second-order valence-electron chi connectivity index (χ2n) is 5.36. The van der Waals surface area contributed by atoms with E-state index in [1.807, 2.05) is 0 Å². The van der Waals surface area contributed by atoms with Crippen molar-refractivity contribution in [2.75, 3.05) is 6.54 Å². The zero-order valence-electron chi connectivity index (χ0n) is 13.1. The van der Waals surface area contributed by atoms with Crippen LogP contribution < -0.4 is 16.4 Å². The minimum atomic E-state index is -1.28. The van der Waals surface area contributed by atoms with E-state index in [4.69, 9.17) is 15.9 Å². The van der Waals surface area contributed by atoms with E-state index in [1.165, 1.54) is 13.8 Å².